The molecule has 15 heavy (non-hydrogen) atoms. The van der Waals surface area contributed by atoms with E-state index in [1.165, 1.54) is 0 Å². The van der Waals surface area contributed by atoms with Crippen molar-refractivity contribution in [3.8, 4) is 0 Å². The van der Waals surface area contributed by atoms with Crippen LogP contribution in [0.5, 0.6) is 0 Å². The van der Waals surface area contributed by atoms with Crippen LogP contribution in [0.3, 0.4) is 0 Å². The maximum atomic E-state index is 11.9. The second-order valence-electron chi connectivity index (χ2n) is 5.55. The second-order valence-corrected chi connectivity index (χ2v) is 7.59. The molecule has 0 saturated carbocycles. The molecule has 1 aliphatic rings. The fourth-order valence-electron chi connectivity index (χ4n) is 2.42. The predicted molar refractivity (Wildman–Crippen MR) is 63.2 cm³/mol. The van der Waals surface area contributed by atoms with E-state index in [4.69, 9.17) is 0 Å². The molecule has 1 fully saturated rings. The largest absolute Gasteiger partial charge is 0.215 e. The third kappa shape index (κ3) is 1.72. The molecule has 3 unspecified atom stereocenters. The third-order valence-electron chi connectivity index (χ3n) is 4.83. The highest BCUT2D eigenvalue weighted by Crippen LogP contribution is 2.46. The lowest BCUT2D eigenvalue weighted by molar-refractivity contribution is 0.0718. The van der Waals surface area contributed by atoms with Crippen molar-refractivity contribution in [1.82, 2.24) is 4.72 Å². The lowest BCUT2D eigenvalue weighted by Gasteiger charge is -2.53. The van der Waals surface area contributed by atoms with Crippen LogP contribution < -0.4 is 4.72 Å². The third-order valence-corrected chi connectivity index (χ3v) is 6.95. The standard InChI is InChI=1S/C11H23NO2S/c1-7-11(6)10(4,5)8(2)9(3)15(13,14)12-11/h8-9,12H,7H2,1-6H3. The van der Waals surface area contributed by atoms with Gasteiger partial charge in [-0.25, -0.2) is 13.1 Å². The molecule has 1 heterocycles. The van der Waals surface area contributed by atoms with E-state index in [-0.39, 0.29) is 22.1 Å². The van der Waals surface area contributed by atoms with Gasteiger partial charge >= 0.3 is 0 Å². The van der Waals surface area contributed by atoms with Gasteiger partial charge in [0, 0.05) is 5.54 Å². The molecule has 0 amide bonds. The van der Waals surface area contributed by atoms with Crippen LogP contribution in [-0.2, 0) is 10.0 Å². The van der Waals surface area contributed by atoms with E-state index in [2.05, 4.69) is 18.6 Å². The van der Waals surface area contributed by atoms with E-state index < -0.39 is 10.0 Å². The molecule has 0 radical (unpaired) electrons. The number of nitrogens with one attached hydrogen (secondary N) is 1. The zero-order chi connectivity index (χ0) is 12.1. The van der Waals surface area contributed by atoms with Crippen LogP contribution in [-0.4, -0.2) is 19.2 Å². The highest BCUT2D eigenvalue weighted by atomic mass is 32.2. The van der Waals surface area contributed by atoms with E-state index >= 15 is 0 Å². The summed E-state index contributed by atoms with van der Waals surface area (Å²) in [5.41, 5.74) is -0.357. The monoisotopic (exact) mass is 233 g/mol. The van der Waals surface area contributed by atoms with E-state index in [9.17, 15) is 8.42 Å². The molecule has 1 saturated heterocycles. The SMILES string of the molecule is CCC1(C)NS(=O)(=O)C(C)C(C)C1(C)C. The molecule has 1 rings (SSSR count). The molecule has 3 atom stereocenters. The van der Waals surface area contributed by atoms with Gasteiger partial charge in [-0.3, -0.25) is 0 Å². The lowest BCUT2D eigenvalue weighted by Crippen LogP contribution is -2.66. The van der Waals surface area contributed by atoms with E-state index in [1.54, 1.807) is 6.92 Å². The Morgan fingerprint density at radius 1 is 1.20 bits per heavy atom. The molecule has 0 aromatic carbocycles. The number of hydrogen-bond acceptors (Lipinski definition) is 2. The topological polar surface area (TPSA) is 46.2 Å². The predicted octanol–water partition coefficient (Wildman–Crippen LogP) is 2.14. The number of rotatable bonds is 1. The summed E-state index contributed by atoms with van der Waals surface area (Å²) in [4.78, 5) is 0. The van der Waals surface area contributed by atoms with Gasteiger partial charge < -0.3 is 0 Å². The van der Waals surface area contributed by atoms with Gasteiger partial charge in [0.05, 0.1) is 5.25 Å². The minimum Gasteiger partial charge on any atom is -0.212 e. The van der Waals surface area contributed by atoms with Crippen LogP contribution in [0.15, 0.2) is 0 Å². The molecule has 1 aliphatic heterocycles. The van der Waals surface area contributed by atoms with Crippen molar-refractivity contribution in [1.29, 1.82) is 0 Å². The molecule has 3 nitrogen and oxygen atoms in total. The molecular formula is C11H23NO2S. The smallest absolute Gasteiger partial charge is 0.212 e. The van der Waals surface area contributed by atoms with Crippen LogP contribution in [0.25, 0.3) is 0 Å². The Morgan fingerprint density at radius 2 is 1.67 bits per heavy atom. The van der Waals surface area contributed by atoms with Crippen molar-refractivity contribution in [3.05, 3.63) is 0 Å². The van der Waals surface area contributed by atoms with Crippen molar-refractivity contribution in [2.45, 2.75) is 58.8 Å². The Morgan fingerprint density at radius 3 is 2.07 bits per heavy atom. The quantitative estimate of drug-likeness (QED) is 0.754. The van der Waals surface area contributed by atoms with Gasteiger partial charge in [0.15, 0.2) is 0 Å². The zero-order valence-corrected chi connectivity index (χ0v) is 11.4. The summed E-state index contributed by atoms with van der Waals surface area (Å²) in [5.74, 6) is 0.161. The van der Waals surface area contributed by atoms with Crippen LogP contribution in [0.4, 0.5) is 0 Å². The summed E-state index contributed by atoms with van der Waals surface area (Å²) in [6, 6.07) is 0. The molecular weight excluding hydrogens is 210 g/mol. The van der Waals surface area contributed by atoms with Gasteiger partial charge in [0.2, 0.25) is 10.0 Å². The van der Waals surface area contributed by atoms with Crippen molar-refractivity contribution >= 4 is 10.0 Å². The first-order valence-electron chi connectivity index (χ1n) is 5.61. The summed E-state index contributed by atoms with van der Waals surface area (Å²) >= 11 is 0. The first kappa shape index (κ1) is 13.0. The van der Waals surface area contributed by atoms with Crippen LogP contribution in [0.2, 0.25) is 0 Å². The van der Waals surface area contributed by atoms with E-state index in [0.717, 1.165) is 6.42 Å². The van der Waals surface area contributed by atoms with Crippen molar-refractivity contribution in [2.24, 2.45) is 11.3 Å². The minimum atomic E-state index is -3.15. The summed E-state index contributed by atoms with van der Waals surface area (Å²) in [5, 5.41) is -0.313. The van der Waals surface area contributed by atoms with E-state index in [0.29, 0.717) is 0 Å². The maximum Gasteiger partial charge on any atom is 0.215 e. The van der Waals surface area contributed by atoms with Crippen molar-refractivity contribution in [3.63, 3.8) is 0 Å². The molecule has 0 aliphatic carbocycles. The van der Waals surface area contributed by atoms with Crippen molar-refractivity contribution < 1.29 is 8.42 Å². The number of hydrogen-bond donors (Lipinski definition) is 1. The minimum absolute atomic E-state index is 0.0213. The molecule has 1 N–H and O–H groups in total. The Hall–Kier alpha value is -0.0900. The Bertz CT molecular complexity index is 348. The summed E-state index contributed by atoms with van der Waals surface area (Å²) in [7, 11) is -3.15. The molecule has 90 valence electrons. The Kier molecular flexibility index (Phi) is 2.99. The highest BCUT2D eigenvalue weighted by Gasteiger charge is 2.54. The van der Waals surface area contributed by atoms with Gasteiger partial charge in [0.25, 0.3) is 0 Å². The Labute approximate surface area is 93.7 Å². The Balaban J connectivity index is 3.25. The average Bonchev–Trinajstić information content (AvgIpc) is 2.12. The summed E-state index contributed by atoms with van der Waals surface area (Å²) < 4.78 is 26.7. The highest BCUT2D eigenvalue weighted by molar-refractivity contribution is 7.90. The molecule has 0 aromatic rings. The zero-order valence-electron chi connectivity index (χ0n) is 10.6. The van der Waals surface area contributed by atoms with Crippen molar-refractivity contribution in [2.75, 3.05) is 0 Å². The fourth-order valence-corrected chi connectivity index (χ4v) is 4.52. The van der Waals surface area contributed by atoms with Gasteiger partial charge in [0.1, 0.15) is 0 Å². The fraction of sp³-hybridized carbons (Fsp3) is 1.00. The molecule has 4 heteroatoms. The molecule has 0 aromatic heterocycles. The van der Waals surface area contributed by atoms with Crippen LogP contribution >= 0.6 is 0 Å². The summed E-state index contributed by atoms with van der Waals surface area (Å²) in [6.45, 7) is 12.2. The van der Waals surface area contributed by atoms with Crippen LogP contribution in [0, 0.1) is 11.3 Å². The second kappa shape index (κ2) is 3.45. The first-order valence-corrected chi connectivity index (χ1v) is 7.16. The first-order chi connectivity index (χ1) is 6.58. The van der Waals surface area contributed by atoms with Gasteiger partial charge in [-0.1, -0.05) is 27.7 Å². The average molecular weight is 233 g/mol. The van der Waals surface area contributed by atoms with Crippen LogP contribution in [0.1, 0.15) is 48.0 Å². The molecule has 0 bridgehead atoms. The van der Waals surface area contributed by atoms with Gasteiger partial charge in [-0.15, -0.1) is 0 Å². The summed E-state index contributed by atoms with van der Waals surface area (Å²) in [6.07, 6.45) is 0.816. The maximum absolute atomic E-state index is 11.9. The molecule has 0 spiro atoms. The number of sulfonamides is 1. The van der Waals surface area contributed by atoms with E-state index in [1.807, 2.05) is 20.8 Å². The van der Waals surface area contributed by atoms with Gasteiger partial charge in [-0.2, -0.15) is 0 Å². The lowest BCUT2D eigenvalue weighted by atomic mass is 9.64. The van der Waals surface area contributed by atoms with Gasteiger partial charge in [-0.05, 0) is 31.6 Å². The normalized spacial score (nSPS) is 43.9.